The molecule has 528 valence electrons. The van der Waals surface area contributed by atoms with E-state index in [0.717, 1.165) is 4.72 Å². The number of nitrogens with one attached hydrogen (secondary N) is 3. The maximum Gasteiger partial charge on any atom is 0.397 e. The number of hydrogen-bond donors (Lipinski definition) is 20. The average Bonchev–Trinajstić information content (AvgIpc) is 0.777. The molecule has 0 amide bonds. The summed E-state index contributed by atoms with van der Waals surface area (Å²) in [5.74, 6) is -4.94. The van der Waals surface area contributed by atoms with Crippen LogP contribution >= 0.6 is 0 Å². The van der Waals surface area contributed by atoms with Crippen LogP contribution in [0.3, 0.4) is 0 Å². The number of hydrogen-bond acceptors (Lipinski definition) is 39. The number of aliphatic carboxylic acids is 2. The van der Waals surface area contributed by atoms with Gasteiger partial charge in [0.15, 0.2) is 49.8 Å². The highest BCUT2D eigenvalue weighted by atomic mass is 32.3. The minimum atomic E-state index is -6.36. The van der Waals surface area contributed by atoms with Gasteiger partial charge < -0.3 is 88.6 Å². The first-order valence-corrected chi connectivity index (χ1v) is 34.3. The van der Waals surface area contributed by atoms with Crippen LogP contribution in [0.4, 0.5) is 0 Å². The van der Waals surface area contributed by atoms with Crippen LogP contribution in [0, 0.1) is 0 Å². The molecule has 20 N–H and O–H groups in total. The number of carboxylic acids is 2. The van der Waals surface area contributed by atoms with E-state index in [9.17, 15) is 150 Å². The second-order valence-electron chi connectivity index (χ2n) is 18.5. The van der Waals surface area contributed by atoms with Gasteiger partial charge in [-0.05, 0) is 0 Å². The topological polar surface area (TPSA) is 816 Å². The average molecular weight is 1490 g/mol. The van der Waals surface area contributed by atoms with Crippen LogP contribution in [0.1, 0.15) is 0 Å². The van der Waals surface area contributed by atoms with E-state index in [2.05, 4.69) is 20.9 Å². The first-order valence-electron chi connectivity index (χ1n) is 23.2. The maximum atomic E-state index is 12.9. The summed E-state index contributed by atoms with van der Waals surface area (Å²) in [6, 6.07) is -8.42. The number of aliphatic hydroxyl groups excluding tert-OH is 7. The lowest BCUT2D eigenvalue weighted by molar-refractivity contribution is -0.372. The molecule has 0 saturated carbocycles. The maximum absolute atomic E-state index is 12.9. The molecular formula is C30H51N3O49S8. The molecule has 90 heavy (non-hydrogen) atoms. The van der Waals surface area contributed by atoms with Gasteiger partial charge >= 0.3 is 94.8 Å². The smallest absolute Gasteiger partial charge is 0.397 e. The van der Waals surface area contributed by atoms with Crippen molar-refractivity contribution in [1.29, 1.82) is 0 Å². The largest absolute Gasteiger partial charge is 0.479 e. The molecule has 0 aliphatic carbocycles. The first kappa shape index (κ1) is 78.0. The van der Waals surface area contributed by atoms with Gasteiger partial charge in [-0.2, -0.15) is 81.5 Å². The van der Waals surface area contributed by atoms with Gasteiger partial charge in [-0.3, -0.25) is 36.4 Å². The fraction of sp³-hybridized carbons (Fsp3) is 0.933. The van der Waals surface area contributed by atoms with Crippen molar-refractivity contribution in [1.82, 2.24) is 14.2 Å². The lowest BCUT2D eigenvalue weighted by atomic mass is 9.94. The molecule has 60 heteroatoms. The molecule has 0 radical (unpaired) electrons. The molecule has 0 bridgehead atoms. The molecule has 0 aromatic carbocycles. The van der Waals surface area contributed by atoms with Crippen molar-refractivity contribution in [3.8, 4) is 0 Å². The molecule has 1 unspecified atom stereocenters. The van der Waals surface area contributed by atoms with Crippen molar-refractivity contribution in [2.75, 3.05) is 19.8 Å². The van der Waals surface area contributed by atoms with Crippen LogP contribution in [-0.4, -0.2) is 335 Å². The Balaban J connectivity index is 1.59. The van der Waals surface area contributed by atoms with Crippen LogP contribution < -0.4 is 14.2 Å². The molecule has 0 aromatic heterocycles. The molecule has 5 rings (SSSR count). The van der Waals surface area contributed by atoms with E-state index in [0.29, 0.717) is 0 Å². The summed E-state index contributed by atoms with van der Waals surface area (Å²) in [5, 5.41) is 97.8. The zero-order valence-corrected chi connectivity index (χ0v) is 49.5. The number of rotatable bonds is 29. The molecule has 5 aliphatic rings. The first-order chi connectivity index (χ1) is 40.6. The molecule has 5 heterocycles. The molecule has 52 nitrogen and oxygen atoms in total. The van der Waals surface area contributed by atoms with Crippen molar-refractivity contribution >= 4 is 94.8 Å². The molecule has 0 spiro atoms. The Morgan fingerprint density at radius 2 is 0.700 bits per heavy atom. The van der Waals surface area contributed by atoms with Gasteiger partial charge in [0.05, 0.1) is 19.8 Å². The minimum Gasteiger partial charge on any atom is -0.479 e. The van der Waals surface area contributed by atoms with Gasteiger partial charge in [-0.1, -0.05) is 0 Å². The predicted octanol–water partition coefficient (Wildman–Crippen LogP) is -14.4. The quantitative estimate of drug-likeness (QED) is 0.0309. The summed E-state index contributed by atoms with van der Waals surface area (Å²) in [6.07, 6.45) is -64.7. The highest BCUT2D eigenvalue weighted by Gasteiger charge is 2.61. The minimum absolute atomic E-state index is 1.09. The van der Waals surface area contributed by atoms with Gasteiger partial charge in [0, 0.05) is 0 Å². The van der Waals surface area contributed by atoms with Crippen LogP contribution in [0.25, 0.3) is 0 Å². The van der Waals surface area contributed by atoms with Crippen LogP contribution in [0.5, 0.6) is 0 Å². The molecular weight excluding hydrogens is 1440 g/mol. The van der Waals surface area contributed by atoms with Gasteiger partial charge in [-0.25, -0.2) is 30.5 Å². The van der Waals surface area contributed by atoms with Crippen LogP contribution in [0.2, 0.25) is 0 Å². The summed E-state index contributed by atoms with van der Waals surface area (Å²) < 4.78 is 339. The van der Waals surface area contributed by atoms with Gasteiger partial charge in [0.25, 0.3) is 0 Å². The third-order valence-corrected chi connectivity index (χ3v) is 16.2. The summed E-state index contributed by atoms with van der Waals surface area (Å²) in [7, 11) is -46.7. The zero-order valence-electron chi connectivity index (χ0n) is 43.0. The Kier molecular flexibility index (Phi) is 25.4. The molecule has 25 atom stereocenters. The van der Waals surface area contributed by atoms with Crippen LogP contribution in [0.15, 0.2) is 0 Å². The monoisotopic (exact) mass is 1490 g/mol. The Morgan fingerprint density at radius 1 is 0.333 bits per heavy atom. The second kappa shape index (κ2) is 29.3. The normalized spacial score (nSPS) is 38.9. The van der Waals surface area contributed by atoms with Gasteiger partial charge in [0.1, 0.15) is 104 Å². The van der Waals surface area contributed by atoms with Gasteiger partial charge in [-0.15, -0.1) is 0 Å². The third-order valence-electron chi connectivity index (χ3n) is 12.2. The van der Waals surface area contributed by atoms with Crippen molar-refractivity contribution in [2.45, 2.75) is 153 Å². The highest BCUT2D eigenvalue weighted by molar-refractivity contribution is 7.84. The third kappa shape index (κ3) is 22.4. The zero-order chi connectivity index (χ0) is 68.7. The number of ether oxygens (including phenoxy) is 9. The second-order valence-corrected chi connectivity index (χ2v) is 27.4. The molecule has 5 saturated heterocycles. The Morgan fingerprint density at radius 3 is 1.14 bits per heavy atom. The summed E-state index contributed by atoms with van der Waals surface area (Å²) in [5.41, 5.74) is 0. The Hall–Kier alpha value is -2.74. The SMILES string of the molecule is O=C(O)[C@H]1O[C@@H](O[C@H]2[C@H](O)[C@@H](NS(=O)(=O)O)C(O)O[C@@H]2COS(=O)(=O)O)[C@@H](OS(=O)(=O)O)[C@H](O)[C@H]1O[C@H]1O[C@H](COS(=O)(=O)O)[C@@H](O[C@@H]2O[C@H](C(=O)O)[C@@H](O[C@H]3O[C@H](COS(=O)(=O)O)[C@@H](O)[C@H](O)[C@H]3NS(=O)(=O)O)[C@H](O)[C@H]2O)[C@H](OS(=O)(=O)O)[C@H]1NS(=O)(=O)O. The Labute approximate surface area is 502 Å². The van der Waals surface area contributed by atoms with E-state index >= 15 is 0 Å². The van der Waals surface area contributed by atoms with Gasteiger partial charge in [0.2, 0.25) is 0 Å². The lowest BCUT2D eigenvalue weighted by Gasteiger charge is -2.50. The van der Waals surface area contributed by atoms with E-state index in [4.69, 9.17) is 51.7 Å². The number of carbonyl (C=O) groups is 2. The standard InChI is InChI=1S/C30H51N3O49S8/c34-10-4(1-69-86(54,55)56)73-27(8(11(10)35)32-84(48,49)50)77-19-13(37)14(38)29(79-22(19)24(40)41)76-17-6(3-71-88(60,61)62)74-28(9(33-85(51,52)53)18(17)81-89(63,64)65)78-20-15(39)21(82-90(66,67)68)30(80-23(20)25(42)43)75-16-5(2-70-87(57,58)59)72-26(44)7(12(16)36)31-83(45,46)47/h4-23,26-39,44H,1-3H2,(H,40,41)(H,42,43)(H,45,46,47)(H,48,49,50)(H,51,52,53)(H,54,55,56)(H,57,58,59)(H,60,61,62)(H,63,64,65)(H,66,67,68)/t4-,5-,6-,7-,8-,9-,10-,11-,12-,13-,14-,15-,16-,17-,18-,19+,20-,21+,22+,23+,26?,27-,28-,29-,30-/m1/s1. The van der Waals surface area contributed by atoms with E-state index < -0.39 is 268 Å². The molecule has 5 fully saturated rings. The predicted molar refractivity (Wildman–Crippen MR) is 257 cm³/mol. The van der Waals surface area contributed by atoms with E-state index in [1.54, 1.807) is 0 Å². The highest BCUT2D eigenvalue weighted by Crippen LogP contribution is 2.38. The van der Waals surface area contributed by atoms with Crippen LogP contribution in [-0.2, 0) is 156 Å². The van der Waals surface area contributed by atoms with E-state index in [1.165, 1.54) is 9.44 Å². The molecule has 5 aliphatic heterocycles. The molecule has 0 aromatic rings. The lowest BCUT2D eigenvalue weighted by Crippen LogP contribution is -2.71. The van der Waals surface area contributed by atoms with Crippen molar-refractivity contribution < 1.29 is 223 Å². The van der Waals surface area contributed by atoms with Crippen molar-refractivity contribution in [3.05, 3.63) is 0 Å². The van der Waals surface area contributed by atoms with E-state index in [1.807, 2.05) is 0 Å². The summed E-state index contributed by atoms with van der Waals surface area (Å²) >= 11 is 0. The summed E-state index contributed by atoms with van der Waals surface area (Å²) in [6.45, 7) is -5.16. The van der Waals surface area contributed by atoms with Crippen molar-refractivity contribution in [2.24, 2.45) is 0 Å². The Bertz CT molecular complexity index is 3470. The van der Waals surface area contributed by atoms with E-state index in [-0.39, 0.29) is 0 Å². The number of carboxylic acid groups (broad SMARTS) is 2. The van der Waals surface area contributed by atoms with Crippen molar-refractivity contribution in [3.63, 3.8) is 0 Å². The number of aliphatic hydroxyl groups is 7. The summed E-state index contributed by atoms with van der Waals surface area (Å²) in [4.78, 5) is 25.7. The fourth-order valence-electron chi connectivity index (χ4n) is 8.80. The fourth-order valence-corrected chi connectivity index (χ4v) is 12.5.